The highest BCUT2D eigenvalue weighted by Crippen LogP contribution is 2.34. The summed E-state index contributed by atoms with van der Waals surface area (Å²) in [6, 6.07) is 2.87. The summed E-state index contributed by atoms with van der Waals surface area (Å²) >= 11 is 11.8. The van der Waals surface area contributed by atoms with Crippen molar-refractivity contribution < 1.29 is 13.5 Å². The van der Waals surface area contributed by atoms with Gasteiger partial charge < -0.3 is 14.5 Å². The zero-order valence-corrected chi connectivity index (χ0v) is 16.5. The molecule has 9 heteroatoms. The highest BCUT2D eigenvalue weighted by Gasteiger charge is 2.15. The van der Waals surface area contributed by atoms with Crippen molar-refractivity contribution >= 4 is 53.1 Å². The first-order valence-corrected chi connectivity index (χ1v) is 6.79. The molecular formula is C13H18Cl2F2IN3O. The maximum absolute atomic E-state index is 12.5. The zero-order valence-electron chi connectivity index (χ0n) is 12.6. The van der Waals surface area contributed by atoms with Gasteiger partial charge in [-0.3, -0.25) is 0 Å². The number of halogens is 5. The van der Waals surface area contributed by atoms with E-state index in [2.05, 4.69) is 9.73 Å². The minimum Gasteiger partial charge on any atom is -0.433 e. The summed E-state index contributed by atoms with van der Waals surface area (Å²) in [6.45, 7) is -2.85. The van der Waals surface area contributed by atoms with Gasteiger partial charge in [-0.25, -0.2) is 4.99 Å². The first-order chi connectivity index (χ1) is 9.72. The van der Waals surface area contributed by atoms with Crippen LogP contribution >= 0.6 is 47.2 Å². The third-order valence-electron chi connectivity index (χ3n) is 2.48. The molecule has 0 fully saturated rings. The maximum atomic E-state index is 12.5. The second-order valence-corrected chi connectivity index (χ2v) is 5.50. The summed E-state index contributed by atoms with van der Waals surface area (Å²) in [5.74, 6) is 0.575. The molecular weight excluding hydrogens is 450 g/mol. The van der Waals surface area contributed by atoms with E-state index in [0.717, 1.165) is 0 Å². The molecule has 0 bridgehead atoms. The molecule has 0 aliphatic carbocycles. The normalized spacial score (nSPS) is 10.0. The van der Waals surface area contributed by atoms with Crippen LogP contribution in [0.3, 0.4) is 0 Å². The average molecular weight is 468 g/mol. The molecule has 1 aromatic rings. The predicted octanol–water partition coefficient (Wildman–Crippen LogP) is 4.19. The Morgan fingerprint density at radius 3 is 2.18 bits per heavy atom. The van der Waals surface area contributed by atoms with Gasteiger partial charge in [0.05, 0.1) is 11.6 Å². The molecule has 1 rings (SSSR count). The summed E-state index contributed by atoms with van der Waals surface area (Å²) in [6.07, 6.45) is 0. The van der Waals surface area contributed by atoms with Gasteiger partial charge in [0, 0.05) is 38.8 Å². The second kappa shape index (κ2) is 9.57. The smallest absolute Gasteiger partial charge is 0.387 e. The number of hydrogen-bond acceptors (Lipinski definition) is 2. The predicted molar refractivity (Wildman–Crippen MR) is 97.0 cm³/mol. The van der Waals surface area contributed by atoms with E-state index in [1.54, 1.807) is 9.80 Å². The molecule has 0 saturated carbocycles. The molecule has 0 aliphatic rings. The number of hydrogen-bond donors (Lipinski definition) is 0. The molecule has 0 aromatic heterocycles. The molecule has 22 heavy (non-hydrogen) atoms. The summed E-state index contributed by atoms with van der Waals surface area (Å²) in [5, 5.41) is 0.368. The van der Waals surface area contributed by atoms with E-state index in [1.807, 2.05) is 28.2 Å². The largest absolute Gasteiger partial charge is 0.433 e. The summed E-state index contributed by atoms with van der Waals surface area (Å²) < 4.78 is 29.4. The first-order valence-electron chi connectivity index (χ1n) is 6.04. The Hall–Kier alpha value is -0.540. The lowest BCUT2D eigenvalue weighted by atomic mass is 10.2. The molecule has 0 spiro atoms. The van der Waals surface area contributed by atoms with Crippen LogP contribution in [0, 0.1) is 0 Å². The van der Waals surface area contributed by atoms with Crippen molar-refractivity contribution in [3.05, 3.63) is 27.7 Å². The second-order valence-electron chi connectivity index (χ2n) is 4.66. The Morgan fingerprint density at radius 2 is 1.73 bits per heavy atom. The standard InChI is InChI=1S/C13H17Cl2F2N3O.HI/c1-19(2)13(20(3)4)18-7-8-5-9(14)6-10(15)11(8)21-12(16)17;/h5-6,12H,7H2,1-4H3;1H. The van der Waals surface area contributed by atoms with Gasteiger partial charge in [-0.2, -0.15) is 8.78 Å². The van der Waals surface area contributed by atoms with Crippen LogP contribution in [0.15, 0.2) is 17.1 Å². The van der Waals surface area contributed by atoms with Crippen LogP contribution in [0.4, 0.5) is 8.78 Å². The van der Waals surface area contributed by atoms with Crippen LogP contribution < -0.4 is 4.74 Å². The number of aliphatic imine (C=N–C) groups is 1. The van der Waals surface area contributed by atoms with E-state index >= 15 is 0 Å². The van der Waals surface area contributed by atoms with E-state index < -0.39 is 6.61 Å². The summed E-state index contributed by atoms with van der Waals surface area (Å²) in [4.78, 5) is 7.98. The van der Waals surface area contributed by atoms with Crippen molar-refractivity contribution in [3.63, 3.8) is 0 Å². The number of nitrogens with zero attached hydrogens (tertiary/aromatic N) is 3. The van der Waals surface area contributed by atoms with Crippen LogP contribution in [-0.2, 0) is 6.54 Å². The Labute approximate surface area is 156 Å². The molecule has 1 aromatic carbocycles. The van der Waals surface area contributed by atoms with Crippen molar-refractivity contribution in [1.29, 1.82) is 0 Å². The SMILES string of the molecule is CN(C)C(=NCc1cc(Cl)cc(Cl)c1OC(F)F)N(C)C.I. The molecule has 126 valence electrons. The fourth-order valence-corrected chi connectivity index (χ4v) is 2.37. The molecule has 0 saturated heterocycles. The van der Waals surface area contributed by atoms with Gasteiger partial charge >= 0.3 is 6.61 Å². The van der Waals surface area contributed by atoms with Gasteiger partial charge in [0.15, 0.2) is 5.96 Å². The van der Waals surface area contributed by atoms with Crippen molar-refractivity contribution in [2.45, 2.75) is 13.2 Å². The minimum absolute atomic E-state index is 0. The van der Waals surface area contributed by atoms with Crippen LogP contribution in [0.2, 0.25) is 10.0 Å². The number of ether oxygens (including phenoxy) is 1. The van der Waals surface area contributed by atoms with E-state index in [4.69, 9.17) is 23.2 Å². The fraction of sp³-hybridized carbons (Fsp3) is 0.462. The Morgan fingerprint density at radius 1 is 1.18 bits per heavy atom. The van der Waals surface area contributed by atoms with Crippen LogP contribution in [0.25, 0.3) is 0 Å². The Kier molecular flexibility index (Phi) is 9.33. The Bertz CT molecular complexity index is 518. The lowest BCUT2D eigenvalue weighted by molar-refractivity contribution is -0.0503. The van der Waals surface area contributed by atoms with Crippen molar-refractivity contribution in [3.8, 4) is 5.75 Å². The molecule has 0 aliphatic heterocycles. The lowest BCUT2D eigenvalue weighted by Gasteiger charge is -2.23. The number of alkyl halides is 2. The van der Waals surface area contributed by atoms with E-state index in [-0.39, 0.29) is 41.3 Å². The molecule has 0 atom stereocenters. The van der Waals surface area contributed by atoms with Gasteiger partial charge in [-0.1, -0.05) is 23.2 Å². The summed E-state index contributed by atoms with van der Waals surface area (Å²) in [5.41, 5.74) is 0.397. The highest BCUT2D eigenvalue weighted by molar-refractivity contribution is 14.0. The zero-order chi connectivity index (χ0) is 16.2. The molecule has 0 N–H and O–H groups in total. The minimum atomic E-state index is -2.96. The molecule has 4 nitrogen and oxygen atoms in total. The van der Waals surface area contributed by atoms with Crippen LogP contribution in [0.1, 0.15) is 5.56 Å². The Balaban J connectivity index is 0.00000441. The van der Waals surface area contributed by atoms with E-state index in [9.17, 15) is 8.78 Å². The lowest BCUT2D eigenvalue weighted by Crippen LogP contribution is -2.35. The van der Waals surface area contributed by atoms with Gasteiger partial charge in [0.25, 0.3) is 0 Å². The molecule has 0 heterocycles. The molecule has 0 unspecified atom stereocenters. The van der Waals surface area contributed by atoms with Crippen molar-refractivity contribution in [2.24, 2.45) is 4.99 Å². The van der Waals surface area contributed by atoms with Crippen LogP contribution in [0.5, 0.6) is 5.75 Å². The number of benzene rings is 1. The van der Waals surface area contributed by atoms with Gasteiger partial charge in [-0.15, -0.1) is 24.0 Å². The third-order valence-corrected chi connectivity index (χ3v) is 2.98. The van der Waals surface area contributed by atoms with Crippen molar-refractivity contribution in [1.82, 2.24) is 9.80 Å². The van der Waals surface area contributed by atoms with Crippen LogP contribution in [-0.4, -0.2) is 50.6 Å². The van der Waals surface area contributed by atoms with Crippen molar-refractivity contribution in [2.75, 3.05) is 28.2 Å². The van der Waals surface area contributed by atoms with Gasteiger partial charge in [-0.05, 0) is 12.1 Å². The van der Waals surface area contributed by atoms with Gasteiger partial charge in [0.2, 0.25) is 0 Å². The highest BCUT2D eigenvalue weighted by atomic mass is 127. The van der Waals surface area contributed by atoms with E-state index in [0.29, 0.717) is 16.5 Å². The maximum Gasteiger partial charge on any atom is 0.387 e. The molecule has 0 amide bonds. The topological polar surface area (TPSA) is 28.1 Å². The summed E-state index contributed by atoms with van der Waals surface area (Å²) in [7, 11) is 7.33. The quantitative estimate of drug-likeness (QED) is 0.377. The number of guanidine groups is 1. The van der Waals surface area contributed by atoms with Gasteiger partial charge in [0.1, 0.15) is 5.75 Å². The average Bonchev–Trinajstić information content (AvgIpc) is 2.32. The number of rotatable bonds is 4. The fourth-order valence-electron chi connectivity index (χ4n) is 1.79. The first kappa shape index (κ1) is 21.5. The third kappa shape index (κ3) is 6.29. The van der Waals surface area contributed by atoms with E-state index in [1.165, 1.54) is 12.1 Å². The molecule has 0 radical (unpaired) electrons. The monoisotopic (exact) mass is 467 g/mol.